The largest absolute Gasteiger partial charge is 0.466 e. The van der Waals surface area contributed by atoms with E-state index in [2.05, 4.69) is 10.7 Å². The van der Waals surface area contributed by atoms with Crippen LogP contribution in [0.4, 0.5) is 0 Å². The maximum atomic E-state index is 13.3. The molecule has 0 aliphatic carbocycles. The lowest BCUT2D eigenvalue weighted by molar-refractivity contribution is -0.151. The first-order chi connectivity index (χ1) is 12.7. The molecule has 2 aliphatic heterocycles. The molecule has 1 atom stereocenters. The van der Waals surface area contributed by atoms with E-state index < -0.39 is 5.41 Å². The molecule has 142 valence electrons. The van der Waals surface area contributed by atoms with Crippen molar-refractivity contribution in [3.8, 4) is 0 Å². The van der Waals surface area contributed by atoms with Gasteiger partial charge in [0.15, 0.2) is 0 Å². The van der Waals surface area contributed by atoms with Gasteiger partial charge in [-0.1, -0.05) is 30.3 Å². The average Bonchev–Trinajstić information content (AvgIpc) is 2.69. The molecule has 2 fully saturated rings. The van der Waals surface area contributed by atoms with Gasteiger partial charge in [-0.25, -0.2) is 5.01 Å². The van der Waals surface area contributed by atoms with Crippen LogP contribution in [0.1, 0.15) is 38.2 Å². The minimum Gasteiger partial charge on any atom is -0.466 e. The Hall–Kier alpha value is -1.92. The molecule has 1 unspecified atom stereocenters. The number of carbonyl (C=O) groups is 2. The molecule has 3 rings (SSSR count). The number of nitrogens with zero attached hydrogens (tertiary/aromatic N) is 1. The van der Waals surface area contributed by atoms with Crippen molar-refractivity contribution in [2.45, 2.75) is 38.0 Å². The molecular formula is C20H29N3O3. The molecule has 2 aliphatic rings. The topological polar surface area (TPSA) is 70.7 Å². The van der Waals surface area contributed by atoms with Crippen LogP contribution in [-0.4, -0.2) is 49.7 Å². The molecule has 1 amide bonds. The maximum absolute atomic E-state index is 13.3. The van der Waals surface area contributed by atoms with E-state index in [1.54, 1.807) is 0 Å². The molecule has 0 saturated carbocycles. The summed E-state index contributed by atoms with van der Waals surface area (Å²) in [4.78, 5) is 25.3. The van der Waals surface area contributed by atoms with Gasteiger partial charge in [0, 0.05) is 13.1 Å². The van der Waals surface area contributed by atoms with Gasteiger partial charge >= 0.3 is 5.97 Å². The number of rotatable bonds is 5. The van der Waals surface area contributed by atoms with Gasteiger partial charge in [-0.3, -0.25) is 15.0 Å². The standard InChI is InChI=1S/C20H29N3O3/c1-2-26-18(24)16-7-6-14-23(15-16)22-19(25)20(10-12-21-13-11-20)17-8-4-3-5-9-17/h3-5,8-9,16,21H,2,6-7,10-15H2,1H3,(H,22,25). The third-order valence-electron chi connectivity index (χ3n) is 5.52. The van der Waals surface area contributed by atoms with Crippen LogP contribution in [-0.2, 0) is 19.7 Å². The van der Waals surface area contributed by atoms with E-state index in [0.717, 1.165) is 50.9 Å². The smallest absolute Gasteiger partial charge is 0.310 e. The summed E-state index contributed by atoms with van der Waals surface area (Å²) in [6.45, 7) is 5.16. The van der Waals surface area contributed by atoms with Gasteiger partial charge in [-0.15, -0.1) is 0 Å². The number of benzene rings is 1. The van der Waals surface area contributed by atoms with Crippen molar-refractivity contribution in [3.63, 3.8) is 0 Å². The Morgan fingerprint density at radius 3 is 2.69 bits per heavy atom. The Labute approximate surface area is 155 Å². The number of hydrazine groups is 1. The Kier molecular flexibility index (Phi) is 6.27. The number of piperidine rings is 2. The van der Waals surface area contributed by atoms with Crippen molar-refractivity contribution in [2.24, 2.45) is 5.92 Å². The third kappa shape index (κ3) is 4.07. The van der Waals surface area contributed by atoms with Gasteiger partial charge < -0.3 is 10.1 Å². The summed E-state index contributed by atoms with van der Waals surface area (Å²) in [5.41, 5.74) is 3.67. The van der Waals surface area contributed by atoms with E-state index in [4.69, 9.17) is 4.74 Å². The van der Waals surface area contributed by atoms with Crippen LogP contribution in [0.25, 0.3) is 0 Å². The number of ether oxygens (including phenoxy) is 1. The monoisotopic (exact) mass is 359 g/mol. The Morgan fingerprint density at radius 2 is 2.00 bits per heavy atom. The first-order valence-corrected chi connectivity index (χ1v) is 9.64. The molecule has 0 spiro atoms. The van der Waals surface area contributed by atoms with Crippen molar-refractivity contribution in [2.75, 3.05) is 32.8 Å². The second kappa shape index (κ2) is 8.64. The minimum atomic E-state index is -0.511. The zero-order valence-corrected chi connectivity index (χ0v) is 15.5. The molecule has 26 heavy (non-hydrogen) atoms. The average molecular weight is 359 g/mol. The quantitative estimate of drug-likeness (QED) is 0.782. The van der Waals surface area contributed by atoms with E-state index >= 15 is 0 Å². The Balaban J connectivity index is 1.71. The van der Waals surface area contributed by atoms with E-state index in [1.165, 1.54) is 0 Å². The number of amides is 1. The first kappa shape index (κ1) is 18.9. The molecule has 6 heteroatoms. The highest BCUT2D eigenvalue weighted by atomic mass is 16.5. The van der Waals surface area contributed by atoms with Crippen LogP contribution in [0.3, 0.4) is 0 Å². The highest BCUT2D eigenvalue weighted by molar-refractivity contribution is 5.88. The predicted octanol–water partition coefficient (Wildman–Crippen LogP) is 1.61. The molecule has 6 nitrogen and oxygen atoms in total. The second-order valence-corrected chi connectivity index (χ2v) is 7.18. The zero-order valence-electron chi connectivity index (χ0n) is 15.5. The minimum absolute atomic E-state index is 0.0368. The second-order valence-electron chi connectivity index (χ2n) is 7.18. The highest BCUT2D eigenvalue weighted by Crippen LogP contribution is 2.34. The number of carbonyl (C=O) groups excluding carboxylic acids is 2. The van der Waals surface area contributed by atoms with Gasteiger partial charge in [0.25, 0.3) is 0 Å². The molecule has 2 heterocycles. The van der Waals surface area contributed by atoms with Crippen LogP contribution >= 0.6 is 0 Å². The van der Waals surface area contributed by atoms with Crippen LogP contribution in [0.15, 0.2) is 30.3 Å². The van der Waals surface area contributed by atoms with Crippen molar-refractivity contribution >= 4 is 11.9 Å². The number of esters is 1. The van der Waals surface area contributed by atoms with E-state index in [1.807, 2.05) is 42.3 Å². The van der Waals surface area contributed by atoms with Gasteiger partial charge in [0.2, 0.25) is 5.91 Å². The third-order valence-corrected chi connectivity index (χ3v) is 5.52. The fourth-order valence-electron chi connectivity index (χ4n) is 4.04. The summed E-state index contributed by atoms with van der Waals surface area (Å²) in [6.07, 6.45) is 3.25. The van der Waals surface area contributed by atoms with E-state index in [-0.39, 0.29) is 17.8 Å². The van der Waals surface area contributed by atoms with Crippen molar-refractivity contribution < 1.29 is 14.3 Å². The van der Waals surface area contributed by atoms with Gasteiger partial charge in [0.05, 0.1) is 17.9 Å². The summed E-state index contributed by atoms with van der Waals surface area (Å²) in [6, 6.07) is 10.0. The predicted molar refractivity (Wildman–Crippen MR) is 99.3 cm³/mol. The van der Waals surface area contributed by atoms with Gasteiger partial charge in [-0.05, 0) is 51.3 Å². The number of hydrogen-bond donors (Lipinski definition) is 2. The molecule has 0 aromatic heterocycles. The van der Waals surface area contributed by atoms with Gasteiger partial charge in [0.1, 0.15) is 0 Å². The zero-order chi connectivity index (χ0) is 18.4. The van der Waals surface area contributed by atoms with E-state index in [0.29, 0.717) is 13.2 Å². The number of nitrogens with one attached hydrogen (secondary N) is 2. The molecule has 1 aromatic carbocycles. The summed E-state index contributed by atoms with van der Waals surface area (Å²) in [5, 5.41) is 5.25. The van der Waals surface area contributed by atoms with E-state index in [9.17, 15) is 9.59 Å². The lowest BCUT2D eigenvalue weighted by atomic mass is 9.72. The lowest BCUT2D eigenvalue weighted by Gasteiger charge is -2.40. The van der Waals surface area contributed by atoms with Crippen LogP contribution in [0.2, 0.25) is 0 Å². The molecule has 0 bridgehead atoms. The molecular weight excluding hydrogens is 330 g/mol. The molecule has 1 aromatic rings. The van der Waals surface area contributed by atoms with Crippen molar-refractivity contribution in [3.05, 3.63) is 35.9 Å². The fraction of sp³-hybridized carbons (Fsp3) is 0.600. The normalized spacial score (nSPS) is 23.2. The summed E-state index contributed by atoms with van der Waals surface area (Å²) in [7, 11) is 0. The summed E-state index contributed by atoms with van der Waals surface area (Å²) in [5.74, 6) is -0.287. The molecule has 0 radical (unpaired) electrons. The summed E-state index contributed by atoms with van der Waals surface area (Å²) >= 11 is 0. The number of hydrogen-bond acceptors (Lipinski definition) is 5. The Morgan fingerprint density at radius 1 is 1.27 bits per heavy atom. The lowest BCUT2D eigenvalue weighted by Crippen LogP contribution is -2.57. The van der Waals surface area contributed by atoms with Crippen LogP contribution < -0.4 is 10.7 Å². The highest BCUT2D eigenvalue weighted by Gasteiger charge is 2.42. The fourth-order valence-corrected chi connectivity index (χ4v) is 4.04. The molecule has 2 N–H and O–H groups in total. The van der Waals surface area contributed by atoms with Gasteiger partial charge in [-0.2, -0.15) is 0 Å². The van der Waals surface area contributed by atoms with Crippen LogP contribution in [0, 0.1) is 5.92 Å². The van der Waals surface area contributed by atoms with Crippen molar-refractivity contribution in [1.29, 1.82) is 0 Å². The van der Waals surface area contributed by atoms with Crippen LogP contribution in [0.5, 0.6) is 0 Å². The molecule has 2 saturated heterocycles. The first-order valence-electron chi connectivity index (χ1n) is 9.64. The SMILES string of the molecule is CCOC(=O)C1CCCN(NC(=O)C2(c3ccccc3)CCNCC2)C1. The summed E-state index contributed by atoms with van der Waals surface area (Å²) < 4.78 is 5.15. The Bertz CT molecular complexity index is 614. The maximum Gasteiger partial charge on any atom is 0.310 e. The van der Waals surface area contributed by atoms with Crippen molar-refractivity contribution in [1.82, 2.24) is 15.8 Å².